The third-order valence-corrected chi connectivity index (χ3v) is 4.03. The van der Waals surface area contributed by atoms with E-state index in [1.807, 2.05) is 6.92 Å². The van der Waals surface area contributed by atoms with Gasteiger partial charge in [0.2, 0.25) is 5.91 Å². The van der Waals surface area contributed by atoms with E-state index in [4.69, 9.17) is 14.2 Å². The number of hydrazine groups is 1. The molecule has 0 spiro atoms. The van der Waals surface area contributed by atoms with Gasteiger partial charge >= 0.3 is 0 Å². The summed E-state index contributed by atoms with van der Waals surface area (Å²) in [5.74, 6) is 0.0499. The van der Waals surface area contributed by atoms with Gasteiger partial charge in [0.15, 0.2) is 11.5 Å². The van der Waals surface area contributed by atoms with Crippen LogP contribution in [0.3, 0.4) is 0 Å². The van der Waals surface area contributed by atoms with Gasteiger partial charge in [-0.2, -0.15) is 0 Å². The predicted molar refractivity (Wildman–Crippen MR) is 110 cm³/mol. The second kappa shape index (κ2) is 11.3. The highest BCUT2D eigenvalue weighted by Crippen LogP contribution is 2.27. The SMILES string of the molecule is CCOc1ccc(C(=O)NNC(=O)CCNC(=O)c2ccccc2OC)cc1OC. The first-order chi connectivity index (χ1) is 14.5. The highest BCUT2D eigenvalue weighted by atomic mass is 16.5. The molecule has 0 heterocycles. The summed E-state index contributed by atoms with van der Waals surface area (Å²) in [4.78, 5) is 36.3. The maximum atomic E-state index is 12.2. The van der Waals surface area contributed by atoms with E-state index in [1.54, 1.807) is 36.4 Å². The molecule has 30 heavy (non-hydrogen) atoms. The molecule has 0 unspecified atom stereocenters. The molecule has 0 aromatic heterocycles. The molecule has 0 radical (unpaired) electrons. The molecule has 2 aromatic carbocycles. The van der Waals surface area contributed by atoms with E-state index in [1.165, 1.54) is 20.3 Å². The summed E-state index contributed by atoms with van der Waals surface area (Å²) in [7, 11) is 2.95. The molecule has 0 bridgehead atoms. The van der Waals surface area contributed by atoms with E-state index < -0.39 is 11.8 Å². The van der Waals surface area contributed by atoms with Crippen LogP contribution in [0.2, 0.25) is 0 Å². The molecule has 0 aliphatic rings. The van der Waals surface area contributed by atoms with E-state index in [2.05, 4.69) is 16.2 Å². The fraction of sp³-hybridized carbons (Fsp3) is 0.286. The minimum absolute atomic E-state index is 0.0201. The van der Waals surface area contributed by atoms with Crippen molar-refractivity contribution in [2.24, 2.45) is 0 Å². The third-order valence-electron chi connectivity index (χ3n) is 4.03. The Kier molecular flexibility index (Phi) is 8.49. The van der Waals surface area contributed by atoms with Crippen molar-refractivity contribution in [3.05, 3.63) is 53.6 Å². The topological polar surface area (TPSA) is 115 Å². The lowest BCUT2D eigenvalue weighted by atomic mass is 10.2. The number of carbonyl (C=O) groups is 3. The summed E-state index contributed by atoms with van der Waals surface area (Å²) in [6, 6.07) is 11.5. The summed E-state index contributed by atoms with van der Waals surface area (Å²) < 4.78 is 15.7. The second-order valence-corrected chi connectivity index (χ2v) is 6.01. The standard InChI is InChI=1S/C21H25N3O6/c1-4-30-17-10-9-14(13-18(17)29-3)20(26)24-23-19(25)11-12-22-21(27)15-7-5-6-8-16(15)28-2/h5-10,13H,4,11-12H2,1-3H3,(H,22,27)(H,23,25)(H,24,26). The van der Waals surface area contributed by atoms with E-state index in [-0.39, 0.29) is 18.9 Å². The zero-order valence-corrected chi connectivity index (χ0v) is 17.1. The molecule has 9 heteroatoms. The Hall–Kier alpha value is -3.75. The number of hydrogen-bond donors (Lipinski definition) is 3. The van der Waals surface area contributed by atoms with E-state index in [0.29, 0.717) is 35.0 Å². The van der Waals surface area contributed by atoms with Crippen molar-refractivity contribution < 1.29 is 28.6 Å². The number of para-hydroxylation sites is 1. The van der Waals surface area contributed by atoms with Crippen LogP contribution in [-0.2, 0) is 4.79 Å². The lowest BCUT2D eigenvalue weighted by Gasteiger charge is -2.12. The Morgan fingerprint density at radius 1 is 0.867 bits per heavy atom. The fourth-order valence-electron chi connectivity index (χ4n) is 2.56. The first-order valence-corrected chi connectivity index (χ1v) is 9.31. The van der Waals surface area contributed by atoms with Crippen LogP contribution in [0, 0.1) is 0 Å². The van der Waals surface area contributed by atoms with Crippen molar-refractivity contribution >= 4 is 17.7 Å². The first kappa shape index (κ1) is 22.5. The lowest BCUT2D eigenvalue weighted by molar-refractivity contribution is -0.121. The minimum atomic E-state index is -0.511. The Bertz CT molecular complexity index is 900. The van der Waals surface area contributed by atoms with Crippen molar-refractivity contribution in [1.29, 1.82) is 0 Å². The quantitative estimate of drug-likeness (QED) is 0.537. The maximum Gasteiger partial charge on any atom is 0.269 e. The van der Waals surface area contributed by atoms with Gasteiger partial charge in [-0.25, -0.2) is 0 Å². The molecule has 0 aliphatic carbocycles. The van der Waals surface area contributed by atoms with Crippen molar-refractivity contribution in [2.75, 3.05) is 27.4 Å². The van der Waals surface area contributed by atoms with Crippen molar-refractivity contribution in [3.63, 3.8) is 0 Å². The van der Waals surface area contributed by atoms with Gasteiger partial charge in [-0.3, -0.25) is 25.2 Å². The van der Waals surface area contributed by atoms with Crippen LogP contribution in [0.15, 0.2) is 42.5 Å². The van der Waals surface area contributed by atoms with Gasteiger partial charge in [0, 0.05) is 18.5 Å². The van der Waals surface area contributed by atoms with Crippen molar-refractivity contribution in [3.8, 4) is 17.2 Å². The Balaban J connectivity index is 1.80. The Morgan fingerprint density at radius 2 is 1.60 bits per heavy atom. The molecule has 0 fully saturated rings. The molecule has 0 atom stereocenters. The maximum absolute atomic E-state index is 12.2. The normalized spacial score (nSPS) is 9.97. The van der Waals surface area contributed by atoms with Gasteiger partial charge in [0.05, 0.1) is 26.4 Å². The highest BCUT2D eigenvalue weighted by molar-refractivity contribution is 5.97. The first-order valence-electron chi connectivity index (χ1n) is 9.31. The summed E-state index contributed by atoms with van der Waals surface area (Å²) >= 11 is 0. The number of hydrogen-bond acceptors (Lipinski definition) is 6. The van der Waals surface area contributed by atoms with Gasteiger partial charge in [-0.05, 0) is 37.3 Å². The van der Waals surface area contributed by atoms with Crippen LogP contribution in [0.4, 0.5) is 0 Å². The Morgan fingerprint density at radius 3 is 2.30 bits per heavy atom. The number of rotatable bonds is 9. The van der Waals surface area contributed by atoms with E-state index in [9.17, 15) is 14.4 Å². The molecule has 2 aromatic rings. The smallest absolute Gasteiger partial charge is 0.269 e. The average Bonchev–Trinajstić information content (AvgIpc) is 2.77. The molecular formula is C21H25N3O6. The van der Waals surface area contributed by atoms with Crippen molar-refractivity contribution in [2.45, 2.75) is 13.3 Å². The monoisotopic (exact) mass is 415 g/mol. The number of benzene rings is 2. The fourth-order valence-corrected chi connectivity index (χ4v) is 2.56. The number of nitrogens with one attached hydrogen (secondary N) is 3. The van der Waals surface area contributed by atoms with Crippen molar-refractivity contribution in [1.82, 2.24) is 16.2 Å². The summed E-state index contributed by atoms with van der Waals surface area (Å²) in [6.45, 7) is 2.40. The average molecular weight is 415 g/mol. The molecule has 0 aliphatic heterocycles. The van der Waals surface area contributed by atoms with Crippen LogP contribution in [-0.4, -0.2) is 45.1 Å². The molecule has 0 saturated carbocycles. The Labute approximate surface area is 174 Å². The lowest BCUT2D eigenvalue weighted by Crippen LogP contribution is -2.42. The van der Waals surface area contributed by atoms with Crippen LogP contribution in [0.25, 0.3) is 0 Å². The van der Waals surface area contributed by atoms with Gasteiger partial charge < -0.3 is 19.5 Å². The van der Waals surface area contributed by atoms with Crippen LogP contribution >= 0.6 is 0 Å². The molecule has 2 rings (SSSR count). The largest absolute Gasteiger partial charge is 0.496 e. The zero-order valence-electron chi connectivity index (χ0n) is 17.1. The predicted octanol–water partition coefficient (Wildman–Crippen LogP) is 1.68. The van der Waals surface area contributed by atoms with Crippen LogP contribution in [0.5, 0.6) is 17.2 Å². The molecule has 160 valence electrons. The number of amides is 3. The van der Waals surface area contributed by atoms with Gasteiger partial charge in [0.25, 0.3) is 11.8 Å². The zero-order chi connectivity index (χ0) is 21.9. The van der Waals surface area contributed by atoms with E-state index in [0.717, 1.165) is 0 Å². The summed E-state index contributed by atoms with van der Waals surface area (Å²) in [5.41, 5.74) is 5.29. The van der Waals surface area contributed by atoms with E-state index >= 15 is 0 Å². The number of carbonyl (C=O) groups excluding carboxylic acids is 3. The molecule has 3 amide bonds. The minimum Gasteiger partial charge on any atom is -0.496 e. The molecular weight excluding hydrogens is 390 g/mol. The van der Waals surface area contributed by atoms with Gasteiger partial charge in [0.1, 0.15) is 5.75 Å². The number of ether oxygens (including phenoxy) is 3. The summed E-state index contributed by atoms with van der Waals surface area (Å²) in [5, 5.41) is 2.63. The summed E-state index contributed by atoms with van der Waals surface area (Å²) in [6.07, 6.45) is -0.0201. The van der Waals surface area contributed by atoms with Crippen LogP contribution < -0.4 is 30.4 Å². The number of methoxy groups -OCH3 is 2. The molecule has 3 N–H and O–H groups in total. The molecule has 9 nitrogen and oxygen atoms in total. The third kappa shape index (κ3) is 6.13. The van der Waals surface area contributed by atoms with Crippen LogP contribution in [0.1, 0.15) is 34.1 Å². The van der Waals surface area contributed by atoms with Gasteiger partial charge in [-0.1, -0.05) is 12.1 Å². The highest BCUT2D eigenvalue weighted by Gasteiger charge is 2.13. The second-order valence-electron chi connectivity index (χ2n) is 6.01. The molecule has 0 saturated heterocycles. The van der Waals surface area contributed by atoms with Gasteiger partial charge in [-0.15, -0.1) is 0 Å².